The van der Waals surface area contributed by atoms with Crippen molar-refractivity contribution in [3.8, 4) is 0 Å². The quantitative estimate of drug-likeness (QED) is 0.647. The van der Waals surface area contributed by atoms with Crippen LogP contribution in [0.15, 0.2) is 33.8 Å². The van der Waals surface area contributed by atoms with Gasteiger partial charge in [0.25, 0.3) is 0 Å². The summed E-state index contributed by atoms with van der Waals surface area (Å²) in [6.45, 7) is 0. The van der Waals surface area contributed by atoms with Crippen LogP contribution in [0.2, 0.25) is 0 Å². The Labute approximate surface area is 87.7 Å². The Balaban J connectivity index is 0.000000500. The summed E-state index contributed by atoms with van der Waals surface area (Å²) in [4.78, 5) is 0. The van der Waals surface area contributed by atoms with E-state index >= 15 is 0 Å². The van der Waals surface area contributed by atoms with Crippen LogP contribution in [0.25, 0.3) is 0 Å². The minimum absolute atomic E-state index is 0. The number of hydrogen-bond donors (Lipinski definition) is 0. The van der Waals surface area contributed by atoms with Gasteiger partial charge in [-0.25, -0.2) is 0 Å². The molecular formula is C8H9Cl2Cr. The van der Waals surface area contributed by atoms with Crippen LogP contribution in [0, 0.1) is 0 Å². The first-order valence-electron chi connectivity index (χ1n) is 3.14. The molecule has 0 N–H and O–H groups in total. The predicted octanol–water partition coefficient (Wildman–Crippen LogP) is 2.92. The van der Waals surface area contributed by atoms with E-state index in [1.165, 1.54) is 22.0 Å². The van der Waals surface area contributed by atoms with E-state index in [1.54, 1.807) is 0 Å². The van der Waals surface area contributed by atoms with Crippen molar-refractivity contribution in [2.24, 2.45) is 0 Å². The van der Waals surface area contributed by atoms with Gasteiger partial charge in [-0.2, -0.15) is 0 Å². The van der Waals surface area contributed by atoms with Crippen molar-refractivity contribution in [3.05, 3.63) is 33.8 Å². The summed E-state index contributed by atoms with van der Waals surface area (Å²) >= 11 is 3.09. The van der Waals surface area contributed by atoms with Crippen molar-refractivity contribution in [3.63, 3.8) is 0 Å². The van der Waals surface area contributed by atoms with Crippen LogP contribution in [-0.4, -0.2) is 0 Å². The van der Waals surface area contributed by atoms with Gasteiger partial charge in [-0.15, -0.1) is 24.8 Å². The molecule has 0 atom stereocenters. The van der Waals surface area contributed by atoms with Crippen molar-refractivity contribution in [1.29, 1.82) is 0 Å². The van der Waals surface area contributed by atoms with E-state index in [0.717, 1.165) is 6.42 Å². The van der Waals surface area contributed by atoms with Crippen LogP contribution >= 0.6 is 24.8 Å². The van der Waals surface area contributed by atoms with Crippen LogP contribution in [0.1, 0.15) is 12.8 Å². The van der Waals surface area contributed by atoms with Crippen LogP contribution in [0.3, 0.4) is 0 Å². The maximum atomic E-state index is 3.09. The van der Waals surface area contributed by atoms with Crippen molar-refractivity contribution < 1.29 is 16.3 Å². The van der Waals surface area contributed by atoms with E-state index in [9.17, 15) is 0 Å². The van der Waals surface area contributed by atoms with Gasteiger partial charge >= 0.3 is 62.9 Å². The SMILES string of the molecule is Cl.Cl.[Cr][C]1=C(C2=CC2)C=CC1. The van der Waals surface area contributed by atoms with Gasteiger partial charge < -0.3 is 0 Å². The molecule has 2 rings (SSSR count). The first-order chi connectivity index (χ1) is 4.38. The molecule has 0 saturated heterocycles. The summed E-state index contributed by atoms with van der Waals surface area (Å²) in [7, 11) is 0. The topological polar surface area (TPSA) is 0 Å². The Bertz CT molecular complexity index is 238. The van der Waals surface area contributed by atoms with Crippen LogP contribution in [0.4, 0.5) is 0 Å². The monoisotopic (exact) mass is 227 g/mol. The van der Waals surface area contributed by atoms with Gasteiger partial charge in [-0.3, -0.25) is 0 Å². The van der Waals surface area contributed by atoms with E-state index in [2.05, 4.69) is 34.5 Å². The fraction of sp³-hybridized carbons (Fsp3) is 0.250. The molecule has 0 nitrogen and oxygen atoms in total. The summed E-state index contributed by atoms with van der Waals surface area (Å²) in [5, 5.41) is 0. The normalized spacial score (nSPS) is 18.7. The van der Waals surface area contributed by atoms with Crippen molar-refractivity contribution >= 4 is 24.8 Å². The first-order valence-corrected chi connectivity index (χ1v) is 3.78. The molecule has 0 aromatic carbocycles. The molecule has 2 aliphatic carbocycles. The molecule has 61 valence electrons. The van der Waals surface area contributed by atoms with Crippen molar-refractivity contribution in [2.75, 3.05) is 0 Å². The number of halogens is 2. The molecule has 0 aliphatic heterocycles. The van der Waals surface area contributed by atoms with Gasteiger partial charge in [-0.1, -0.05) is 0 Å². The third-order valence-corrected chi connectivity index (χ3v) is 2.25. The van der Waals surface area contributed by atoms with Gasteiger partial charge in [0.15, 0.2) is 0 Å². The molecule has 11 heavy (non-hydrogen) atoms. The Morgan fingerprint density at radius 1 is 1.18 bits per heavy atom. The molecule has 0 spiro atoms. The molecule has 3 heteroatoms. The molecule has 0 radical (unpaired) electrons. The third kappa shape index (κ3) is 2.39. The van der Waals surface area contributed by atoms with Crippen molar-refractivity contribution in [2.45, 2.75) is 12.8 Å². The average Bonchev–Trinajstić information content (AvgIpc) is 2.58. The molecule has 0 aromatic heterocycles. The number of rotatable bonds is 1. The molecule has 0 saturated carbocycles. The number of hydrogen-bond acceptors (Lipinski definition) is 0. The second-order valence-electron chi connectivity index (χ2n) is 2.38. The predicted molar refractivity (Wildman–Crippen MR) is 48.0 cm³/mol. The van der Waals surface area contributed by atoms with E-state index in [-0.39, 0.29) is 24.8 Å². The van der Waals surface area contributed by atoms with Gasteiger partial charge in [0.1, 0.15) is 0 Å². The summed E-state index contributed by atoms with van der Waals surface area (Å²) < 4.78 is 1.42. The Morgan fingerprint density at radius 2 is 1.82 bits per heavy atom. The standard InChI is InChI=1S/C8H7.2ClH.Cr/c1-2-4-7(3-1)8-5-6-8;;;/h1,3,5H,2,6H2;2*1H;. The fourth-order valence-corrected chi connectivity index (χ4v) is 1.50. The van der Waals surface area contributed by atoms with Crippen LogP contribution in [0.5, 0.6) is 0 Å². The molecule has 0 heterocycles. The van der Waals surface area contributed by atoms with Gasteiger partial charge in [0.2, 0.25) is 0 Å². The first kappa shape index (κ1) is 11.3. The van der Waals surface area contributed by atoms with Crippen LogP contribution in [-0.2, 0) is 16.3 Å². The second kappa shape index (κ2) is 4.38. The molecule has 0 bridgehead atoms. The molecular weight excluding hydrogens is 219 g/mol. The van der Waals surface area contributed by atoms with E-state index in [1.807, 2.05) is 0 Å². The number of allylic oxidation sites excluding steroid dienone is 6. The Morgan fingerprint density at radius 3 is 2.18 bits per heavy atom. The zero-order chi connectivity index (χ0) is 6.27. The van der Waals surface area contributed by atoms with Gasteiger partial charge in [-0.05, 0) is 0 Å². The molecule has 0 aromatic rings. The van der Waals surface area contributed by atoms with Crippen molar-refractivity contribution in [1.82, 2.24) is 0 Å². The zero-order valence-electron chi connectivity index (χ0n) is 5.87. The van der Waals surface area contributed by atoms with E-state index in [0.29, 0.717) is 0 Å². The fourth-order valence-electron chi connectivity index (χ4n) is 1.04. The molecule has 0 fully saturated rings. The Hall–Kier alpha value is 0.332. The average molecular weight is 228 g/mol. The van der Waals surface area contributed by atoms with Crippen LogP contribution < -0.4 is 0 Å². The van der Waals surface area contributed by atoms with Gasteiger partial charge in [0.05, 0.1) is 0 Å². The summed E-state index contributed by atoms with van der Waals surface area (Å²) in [5.41, 5.74) is 2.98. The minimum atomic E-state index is 0. The molecule has 2 aliphatic rings. The second-order valence-corrected chi connectivity index (χ2v) is 3.15. The van der Waals surface area contributed by atoms with Gasteiger partial charge in [0, 0.05) is 0 Å². The summed E-state index contributed by atoms with van der Waals surface area (Å²) in [6.07, 6.45) is 9.02. The molecule has 0 unspecified atom stereocenters. The third-order valence-electron chi connectivity index (χ3n) is 1.64. The van der Waals surface area contributed by atoms with E-state index in [4.69, 9.17) is 0 Å². The maximum absolute atomic E-state index is 3.09. The summed E-state index contributed by atoms with van der Waals surface area (Å²) in [5.74, 6) is 0. The summed E-state index contributed by atoms with van der Waals surface area (Å²) in [6, 6.07) is 0. The van der Waals surface area contributed by atoms with E-state index < -0.39 is 0 Å². The zero-order valence-corrected chi connectivity index (χ0v) is 8.78. The Kier molecular flexibility index (Phi) is 4.51. The molecule has 0 amide bonds.